The molecule has 2 fully saturated rings. The number of benzene rings is 2. The van der Waals surface area contributed by atoms with Crippen LogP contribution < -0.4 is 10.1 Å². The summed E-state index contributed by atoms with van der Waals surface area (Å²) in [5.41, 5.74) is 4.20. The van der Waals surface area contributed by atoms with Crippen molar-refractivity contribution in [3.8, 4) is 17.0 Å². The van der Waals surface area contributed by atoms with Gasteiger partial charge in [-0.2, -0.15) is 0 Å². The van der Waals surface area contributed by atoms with Gasteiger partial charge in [0.05, 0.1) is 25.5 Å². The van der Waals surface area contributed by atoms with E-state index in [4.69, 9.17) is 9.47 Å². The van der Waals surface area contributed by atoms with Crippen LogP contribution in [0.5, 0.6) is 5.75 Å². The molecule has 6 nitrogen and oxygen atoms in total. The molecule has 1 aliphatic heterocycles. The molecule has 0 amide bonds. The maximum absolute atomic E-state index is 6.13. The van der Waals surface area contributed by atoms with E-state index in [-0.39, 0.29) is 0 Å². The second-order valence-corrected chi connectivity index (χ2v) is 11.2. The van der Waals surface area contributed by atoms with Gasteiger partial charge < -0.3 is 14.8 Å². The van der Waals surface area contributed by atoms with E-state index in [9.17, 15) is 0 Å². The molecular formula is C30H34N4O2S. The molecule has 7 heteroatoms. The summed E-state index contributed by atoms with van der Waals surface area (Å²) in [4.78, 5) is 2.64. The first-order chi connectivity index (χ1) is 18.2. The predicted molar refractivity (Wildman–Crippen MR) is 150 cm³/mol. The number of piperidine rings is 1. The summed E-state index contributed by atoms with van der Waals surface area (Å²) in [6.45, 7) is 5.02. The summed E-state index contributed by atoms with van der Waals surface area (Å²) >= 11 is 1.72. The number of hydrogen-bond acceptors (Lipinski definition) is 7. The van der Waals surface area contributed by atoms with Gasteiger partial charge in [-0.05, 0) is 79.9 Å². The third kappa shape index (κ3) is 5.21. The first kappa shape index (κ1) is 24.3. The van der Waals surface area contributed by atoms with E-state index in [1.807, 2.05) is 6.07 Å². The lowest BCUT2D eigenvalue weighted by Gasteiger charge is -2.46. The molecule has 0 radical (unpaired) electrons. The Morgan fingerprint density at radius 2 is 1.95 bits per heavy atom. The standard InChI is InChI=1S/C30H34N4O2S/c1-20-15-28(32-33-29(20)26-10-11-27-25(12-14-37-27)30(26)35-2)31-22-9-6-13-34(18-22)23-16-24(17-23)36-19-21-7-4-3-5-8-21/h3-5,7-8,10-12,14-15,22-24H,6,9,13,16-19H2,1-2H3,(H,31,32)/t22-,23?,24?/m1/s1. The highest BCUT2D eigenvalue weighted by molar-refractivity contribution is 7.17. The normalized spacial score (nSPS) is 22.1. The highest BCUT2D eigenvalue weighted by Crippen LogP contribution is 2.39. The Bertz CT molecular complexity index is 1350. The summed E-state index contributed by atoms with van der Waals surface area (Å²) in [5.74, 6) is 1.72. The molecule has 1 atom stereocenters. The van der Waals surface area contributed by atoms with E-state index in [0.29, 0.717) is 24.8 Å². The van der Waals surface area contributed by atoms with Gasteiger partial charge in [0, 0.05) is 34.3 Å². The fourth-order valence-electron chi connectivity index (χ4n) is 5.67. The lowest BCUT2D eigenvalue weighted by Crippen LogP contribution is -2.53. The monoisotopic (exact) mass is 514 g/mol. The van der Waals surface area contributed by atoms with Gasteiger partial charge in [0.1, 0.15) is 11.6 Å². The molecule has 1 N–H and O–H groups in total. The molecule has 3 heterocycles. The number of methoxy groups -OCH3 is 1. The topological polar surface area (TPSA) is 59.5 Å². The van der Waals surface area contributed by atoms with Crippen LogP contribution in [0.4, 0.5) is 5.82 Å². The van der Waals surface area contributed by atoms with E-state index in [1.54, 1.807) is 18.4 Å². The van der Waals surface area contributed by atoms with Gasteiger partial charge in [-0.1, -0.05) is 30.3 Å². The lowest BCUT2D eigenvalue weighted by molar-refractivity contribution is -0.0632. The van der Waals surface area contributed by atoms with Crippen molar-refractivity contribution < 1.29 is 9.47 Å². The van der Waals surface area contributed by atoms with Crippen molar-refractivity contribution in [2.24, 2.45) is 0 Å². The largest absolute Gasteiger partial charge is 0.495 e. The average molecular weight is 515 g/mol. The number of thiophene rings is 1. The van der Waals surface area contributed by atoms with Crippen molar-refractivity contribution in [2.45, 2.75) is 57.4 Å². The second kappa shape index (κ2) is 10.8. The number of nitrogens with zero attached hydrogens (tertiary/aromatic N) is 3. The fourth-order valence-corrected chi connectivity index (χ4v) is 6.46. The van der Waals surface area contributed by atoms with Crippen LogP contribution >= 0.6 is 11.3 Å². The molecule has 6 rings (SSSR count). The van der Waals surface area contributed by atoms with Crippen LogP contribution in [0.2, 0.25) is 0 Å². The van der Waals surface area contributed by atoms with Gasteiger partial charge in [-0.15, -0.1) is 21.5 Å². The van der Waals surface area contributed by atoms with Crippen molar-refractivity contribution in [2.75, 3.05) is 25.5 Å². The van der Waals surface area contributed by atoms with Crippen molar-refractivity contribution in [3.05, 3.63) is 71.1 Å². The van der Waals surface area contributed by atoms with Gasteiger partial charge in [-0.25, -0.2) is 0 Å². The highest BCUT2D eigenvalue weighted by atomic mass is 32.1. The fraction of sp³-hybridized carbons (Fsp3) is 0.400. The number of hydrogen-bond donors (Lipinski definition) is 1. The number of aromatic nitrogens is 2. The minimum absolute atomic E-state index is 0.380. The van der Waals surface area contributed by atoms with Crippen LogP contribution in [0.25, 0.3) is 21.3 Å². The van der Waals surface area contributed by atoms with E-state index < -0.39 is 0 Å². The maximum atomic E-state index is 6.13. The molecule has 1 saturated carbocycles. The number of aryl methyl sites for hydroxylation is 1. The third-order valence-corrected chi connectivity index (χ3v) is 8.63. The Hall–Kier alpha value is -3.00. The van der Waals surface area contributed by atoms with Crippen molar-refractivity contribution >= 4 is 27.2 Å². The summed E-state index contributed by atoms with van der Waals surface area (Å²) in [7, 11) is 1.73. The first-order valence-corrected chi connectivity index (χ1v) is 14.1. The van der Waals surface area contributed by atoms with Crippen LogP contribution in [-0.2, 0) is 11.3 Å². The van der Waals surface area contributed by atoms with E-state index in [2.05, 4.69) is 81.2 Å². The smallest absolute Gasteiger partial charge is 0.149 e. The van der Waals surface area contributed by atoms with Gasteiger partial charge in [0.25, 0.3) is 0 Å². The van der Waals surface area contributed by atoms with Gasteiger partial charge in [0.2, 0.25) is 0 Å². The summed E-state index contributed by atoms with van der Waals surface area (Å²) in [5, 5.41) is 16.1. The van der Waals surface area contributed by atoms with E-state index in [1.165, 1.54) is 23.2 Å². The van der Waals surface area contributed by atoms with Gasteiger partial charge >= 0.3 is 0 Å². The first-order valence-electron chi connectivity index (χ1n) is 13.2. The number of nitrogens with one attached hydrogen (secondary N) is 1. The number of likely N-dealkylation sites (tertiary alicyclic amines) is 1. The van der Waals surface area contributed by atoms with Gasteiger partial charge in [-0.3, -0.25) is 4.90 Å². The third-order valence-electron chi connectivity index (χ3n) is 7.75. The summed E-state index contributed by atoms with van der Waals surface area (Å²) in [6, 6.07) is 19.9. The molecule has 37 heavy (non-hydrogen) atoms. The van der Waals surface area contributed by atoms with E-state index >= 15 is 0 Å². The molecule has 192 valence electrons. The molecule has 4 aromatic rings. The Balaban J connectivity index is 1.06. The summed E-state index contributed by atoms with van der Waals surface area (Å²) < 4.78 is 13.1. The van der Waals surface area contributed by atoms with Gasteiger partial charge in [0.15, 0.2) is 0 Å². The number of rotatable bonds is 8. The number of fused-ring (bicyclic) bond motifs is 1. The van der Waals surface area contributed by atoms with Crippen LogP contribution in [0, 0.1) is 6.92 Å². The predicted octanol–water partition coefficient (Wildman–Crippen LogP) is 6.30. The Labute approximate surface area is 222 Å². The minimum Gasteiger partial charge on any atom is -0.495 e. The molecule has 2 aromatic heterocycles. The zero-order valence-corrected chi connectivity index (χ0v) is 22.3. The Kier molecular flexibility index (Phi) is 7.09. The average Bonchev–Trinajstić information content (AvgIpc) is 3.37. The molecular weight excluding hydrogens is 480 g/mol. The quantitative estimate of drug-likeness (QED) is 0.298. The maximum Gasteiger partial charge on any atom is 0.149 e. The molecule has 2 aliphatic rings. The minimum atomic E-state index is 0.380. The SMILES string of the molecule is COc1c(-c2nnc(N[C@@H]3CCCN(C4CC(OCc5ccccc5)C4)C3)cc2C)ccc2sccc12. The van der Waals surface area contributed by atoms with Crippen molar-refractivity contribution in [3.63, 3.8) is 0 Å². The van der Waals surface area contributed by atoms with Crippen LogP contribution in [0.15, 0.2) is 60.0 Å². The zero-order valence-electron chi connectivity index (χ0n) is 21.5. The summed E-state index contributed by atoms with van der Waals surface area (Å²) in [6.07, 6.45) is 4.99. The molecule has 1 saturated heterocycles. The van der Waals surface area contributed by atoms with E-state index in [0.717, 1.165) is 59.6 Å². The Morgan fingerprint density at radius 1 is 1.08 bits per heavy atom. The second-order valence-electron chi connectivity index (χ2n) is 10.3. The molecule has 2 aromatic carbocycles. The van der Waals surface area contributed by atoms with Crippen molar-refractivity contribution in [1.29, 1.82) is 0 Å². The van der Waals surface area contributed by atoms with Crippen LogP contribution in [0.3, 0.4) is 0 Å². The molecule has 0 unspecified atom stereocenters. The van der Waals surface area contributed by atoms with Crippen molar-refractivity contribution in [1.82, 2.24) is 15.1 Å². The lowest BCUT2D eigenvalue weighted by atomic mass is 9.86. The number of ether oxygens (including phenoxy) is 2. The zero-order chi connectivity index (χ0) is 25.2. The van der Waals surface area contributed by atoms with Crippen LogP contribution in [-0.4, -0.2) is 53.5 Å². The van der Waals surface area contributed by atoms with Crippen LogP contribution in [0.1, 0.15) is 36.8 Å². The highest BCUT2D eigenvalue weighted by Gasteiger charge is 2.36. The number of anilines is 1. The molecule has 0 spiro atoms. The molecule has 1 aliphatic carbocycles. The molecule has 0 bridgehead atoms. The Morgan fingerprint density at radius 3 is 2.76 bits per heavy atom.